The molecule has 0 saturated carbocycles. The molecule has 0 aliphatic rings. The van der Waals surface area contributed by atoms with Crippen LogP contribution in [0.5, 0.6) is 0 Å². The van der Waals surface area contributed by atoms with Gasteiger partial charge in [0, 0.05) is 11.3 Å². The second-order valence-electron chi connectivity index (χ2n) is 5.18. The molecule has 1 heterocycles. The molecule has 0 aliphatic carbocycles. The molecule has 26 heavy (non-hydrogen) atoms. The second-order valence-corrected chi connectivity index (χ2v) is 6.00. The molecule has 9 heteroatoms. The Labute approximate surface area is 159 Å². The van der Waals surface area contributed by atoms with Crippen LogP contribution in [-0.4, -0.2) is 15.9 Å². The molecule has 2 aromatic carbocycles. The highest BCUT2D eigenvalue weighted by molar-refractivity contribution is 6.42. The van der Waals surface area contributed by atoms with E-state index in [-0.39, 0.29) is 17.4 Å². The van der Waals surface area contributed by atoms with Gasteiger partial charge in [-0.3, -0.25) is 15.6 Å². The van der Waals surface area contributed by atoms with E-state index in [1.807, 2.05) is 6.07 Å². The van der Waals surface area contributed by atoms with Crippen molar-refractivity contribution >= 4 is 52.1 Å². The number of carbonyl (C=O) groups is 1. The number of carbonyl (C=O) groups excluding carboxylic acids is 1. The highest BCUT2D eigenvalue weighted by Crippen LogP contribution is 2.29. The van der Waals surface area contributed by atoms with Crippen LogP contribution in [0.15, 0.2) is 54.9 Å². The lowest BCUT2D eigenvalue weighted by Gasteiger charge is -2.13. The number of nitrogens with two attached hydrogens (primary N) is 1. The fourth-order valence-corrected chi connectivity index (χ4v) is 2.38. The number of hydrazine groups is 1. The number of rotatable bonds is 5. The Bertz CT molecular complexity index is 936. The Morgan fingerprint density at radius 2 is 1.69 bits per heavy atom. The number of nitrogens with zero attached hydrogens (tertiary/aromatic N) is 2. The Kier molecular flexibility index (Phi) is 5.40. The summed E-state index contributed by atoms with van der Waals surface area (Å²) < 4.78 is 0. The minimum absolute atomic E-state index is 0.229. The van der Waals surface area contributed by atoms with E-state index in [0.717, 1.165) is 0 Å². The maximum absolute atomic E-state index is 12.1. The number of benzene rings is 2. The van der Waals surface area contributed by atoms with Crippen molar-refractivity contribution in [2.45, 2.75) is 0 Å². The molecular weight excluding hydrogens is 375 g/mol. The average molecular weight is 389 g/mol. The number of hydrogen-bond donors (Lipinski definition) is 4. The van der Waals surface area contributed by atoms with E-state index >= 15 is 0 Å². The summed E-state index contributed by atoms with van der Waals surface area (Å²) in [5, 5.41) is 3.87. The van der Waals surface area contributed by atoms with E-state index in [1.165, 1.54) is 6.33 Å². The normalized spacial score (nSPS) is 10.2. The summed E-state index contributed by atoms with van der Waals surface area (Å²) in [5.41, 5.74) is 12.7. The molecule has 132 valence electrons. The van der Waals surface area contributed by atoms with E-state index in [1.54, 1.807) is 42.5 Å². The van der Waals surface area contributed by atoms with E-state index in [4.69, 9.17) is 28.9 Å². The van der Waals surface area contributed by atoms with Gasteiger partial charge >= 0.3 is 0 Å². The van der Waals surface area contributed by atoms with Gasteiger partial charge in [-0.2, -0.15) is 0 Å². The molecule has 3 rings (SSSR count). The van der Waals surface area contributed by atoms with Gasteiger partial charge in [-0.15, -0.1) is 0 Å². The van der Waals surface area contributed by atoms with Crippen molar-refractivity contribution in [1.82, 2.24) is 15.4 Å². The molecule has 0 saturated heterocycles. The lowest BCUT2D eigenvalue weighted by Crippen LogP contribution is -2.30. The van der Waals surface area contributed by atoms with Crippen molar-refractivity contribution in [2.24, 2.45) is 0 Å². The highest BCUT2D eigenvalue weighted by atomic mass is 35.5. The number of aromatic nitrogens is 2. The van der Waals surface area contributed by atoms with Crippen LogP contribution < -0.4 is 21.9 Å². The average Bonchev–Trinajstić information content (AvgIpc) is 2.66. The van der Waals surface area contributed by atoms with Crippen LogP contribution in [-0.2, 0) is 0 Å². The first-order valence-corrected chi connectivity index (χ1v) is 8.24. The first kappa shape index (κ1) is 17.8. The van der Waals surface area contributed by atoms with Crippen LogP contribution in [0, 0.1) is 0 Å². The van der Waals surface area contributed by atoms with Gasteiger partial charge in [-0.25, -0.2) is 9.97 Å². The molecular formula is C17H14Cl2N6O. The SMILES string of the molecule is Nc1c(NNC(=O)c2ccccc2)ncnc1Nc1ccc(Cl)c(Cl)c1. The predicted octanol–water partition coefficient (Wildman–Crippen LogP) is 3.87. The summed E-state index contributed by atoms with van der Waals surface area (Å²) in [6.07, 6.45) is 1.31. The fourth-order valence-electron chi connectivity index (χ4n) is 2.08. The number of anilines is 4. The lowest BCUT2D eigenvalue weighted by molar-refractivity contribution is 0.0962. The summed E-state index contributed by atoms with van der Waals surface area (Å²) in [4.78, 5) is 20.2. The fraction of sp³-hybridized carbons (Fsp3) is 0. The number of nitrogens with one attached hydrogen (secondary N) is 3. The zero-order valence-corrected chi connectivity index (χ0v) is 14.8. The van der Waals surface area contributed by atoms with Gasteiger partial charge in [0.2, 0.25) is 0 Å². The van der Waals surface area contributed by atoms with E-state index in [0.29, 0.717) is 27.1 Å². The zero-order valence-electron chi connectivity index (χ0n) is 13.3. The van der Waals surface area contributed by atoms with Crippen LogP contribution in [0.1, 0.15) is 10.4 Å². The molecule has 0 atom stereocenters. The predicted molar refractivity (Wildman–Crippen MR) is 104 cm³/mol. The third kappa shape index (κ3) is 4.14. The monoisotopic (exact) mass is 388 g/mol. The number of nitrogen functional groups attached to an aromatic ring is 1. The molecule has 0 unspecified atom stereocenters. The topological polar surface area (TPSA) is 105 Å². The van der Waals surface area contributed by atoms with Crippen LogP contribution in [0.2, 0.25) is 10.0 Å². The van der Waals surface area contributed by atoms with Gasteiger partial charge < -0.3 is 11.1 Å². The molecule has 5 N–H and O–H groups in total. The summed E-state index contributed by atoms with van der Waals surface area (Å²) >= 11 is 11.9. The van der Waals surface area contributed by atoms with Crippen molar-refractivity contribution in [3.63, 3.8) is 0 Å². The minimum Gasteiger partial charge on any atom is -0.393 e. The molecule has 0 radical (unpaired) electrons. The van der Waals surface area contributed by atoms with Crippen LogP contribution in [0.25, 0.3) is 0 Å². The van der Waals surface area contributed by atoms with Gasteiger partial charge in [-0.1, -0.05) is 41.4 Å². The van der Waals surface area contributed by atoms with Crippen molar-refractivity contribution in [1.29, 1.82) is 0 Å². The second kappa shape index (κ2) is 7.90. The lowest BCUT2D eigenvalue weighted by atomic mass is 10.2. The Hall–Kier alpha value is -3.03. The maximum atomic E-state index is 12.1. The molecule has 1 amide bonds. The van der Waals surface area contributed by atoms with Crippen molar-refractivity contribution in [3.05, 3.63) is 70.5 Å². The maximum Gasteiger partial charge on any atom is 0.269 e. The van der Waals surface area contributed by atoms with E-state index in [9.17, 15) is 4.79 Å². The quantitative estimate of drug-likeness (QED) is 0.494. The molecule has 7 nitrogen and oxygen atoms in total. The minimum atomic E-state index is -0.317. The first-order chi connectivity index (χ1) is 12.5. The van der Waals surface area contributed by atoms with Crippen molar-refractivity contribution in [2.75, 3.05) is 16.5 Å². The molecule has 0 bridgehead atoms. The Morgan fingerprint density at radius 3 is 2.42 bits per heavy atom. The van der Waals surface area contributed by atoms with Crippen molar-refractivity contribution in [3.8, 4) is 0 Å². The summed E-state index contributed by atoms with van der Waals surface area (Å²) in [6, 6.07) is 13.8. The molecule has 0 fully saturated rings. The van der Waals surface area contributed by atoms with E-state index < -0.39 is 0 Å². The van der Waals surface area contributed by atoms with Crippen LogP contribution in [0.4, 0.5) is 23.0 Å². The summed E-state index contributed by atoms with van der Waals surface area (Å²) in [6.45, 7) is 0. The van der Waals surface area contributed by atoms with Crippen molar-refractivity contribution < 1.29 is 4.79 Å². The standard InChI is InChI=1S/C17H14Cl2N6O/c18-12-7-6-11(8-13(12)19)23-15-14(20)16(22-9-21-15)24-25-17(26)10-4-2-1-3-5-10/h1-9H,20H2,(H,25,26)(H2,21,22,23,24). The van der Waals surface area contributed by atoms with Gasteiger partial charge in [0.05, 0.1) is 10.0 Å². The summed E-state index contributed by atoms with van der Waals surface area (Å²) in [7, 11) is 0. The smallest absolute Gasteiger partial charge is 0.269 e. The van der Waals surface area contributed by atoms with Gasteiger partial charge in [-0.05, 0) is 30.3 Å². The van der Waals surface area contributed by atoms with Gasteiger partial charge in [0.25, 0.3) is 5.91 Å². The van der Waals surface area contributed by atoms with Gasteiger partial charge in [0.1, 0.15) is 12.0 Å². The summed E-state index contributed by atoms with van der Waals surface area (Å²) in [5.74, 6) is 0.296. The first-order valence-electron chi connectivity index (χ1n) is 7.48. The number of hydrogen-bond acceptors (Lipinski definition) is 6. The zero-order chi connectivity index (χ0) is 18.5. The largest absolute Gasteiger partial charge is 0.393 e. The third-order valence-electron chi connectivity index (χ3n) is 3.40. The molecule has 0 aliphatic heterocycles. The number of halogens is 2. The van der Waals surface area contributed by atoms with E-state index in [2.05, 4.69) is 26.1 Å². The molecule has 3 aromatic rings. The molecule has 0 spiro atoms. The third-order valence-corrected chi connectivity index (χ3v) is 4.14. The Morgan fingerprint density at radius 1 is 0.962 bits per heavy atom. The Balaban J connectivity index is 1.72. The van der Waals surface area contributed by atoms with Crippen LogP contribution >= 0.6 is 23.2 Å². The van der Waals surface area contributed by atoms with Gasteiger partial charge in [0.15, 0.2) is 11.6 Å². The molecule has 1 aromatic heterocycles. The highest BCUT2D eigenvalue weighted by Gasteiger charge is 2.11. The van der Waals surface area contributed by atoms with Crippen LogP contribution in [0.3, 0.4) is 0 Å². The number of amides is 1.